The number of halogens is 1. The van der Waals surface area contributed by atoms with Gasteiger partial charge in [-0.3, -0.25) is 4.79 Å². The molecule has 0 aliphatic carbocycles. The predicted molar refractivity (Wildman–Crippen MR) is 61.2 cm³/mol. The van der Waals surface area contributed by atoms with E-state index < -0.39 is 0 Å². The highest BCUT2D eigenvalue weighted by molar-refractivity contribution is 6.32. The van der Waals surface area contributed by atoms with Gasteiger partial charge in [0.2, 0.25) is 0 Å². The summed E-state index contributed by atoms with van der Waals surface area (Å²) < 4.78 is 0. The Kier molecular flexibility index (Phi) is 4.11. The average Bonchev–Trinajstić information content (AvgIpc) is 2.19. The molecule has 1 aromatic rings. The Morgan fingerprint density at radius 1 is 1.67 bits per heavy atom. The third-order valence-electron chi connectivity index (χ3n) is 2.16. The summed E-state index contributed by atoms with van der Waals surface area (Å²) >= 11 is 5.75. The number of nitrogens with two attached hydrogens (primary N) is 1. The molecule has 0 aliphatic rings. The number of aromatic nitrogens is 2. The molecule has 5 nitrogen and oxygen atoms in total. The van der Waals surface area contributed by atoms with Crippen molar-refractivity contribution in [2.24, 2.45) is 11.7 Å². The number of nitrogens with one attached hydrogen (secondary N) is 2. The van der Waals surface area contributed by atoms with Crippen LogP contribution in [0.25, 0.3) is 0 Å². The lowest BCUT2D eigenvalue weighted by atomic mass is 10.1. The van der Waals surface area contributed by atoms with Crippen molar-refractivity contribution in [3.63, 3.8) is 0 Å². The molecule has 1 aromatic heterocycles. The lowest BCUT2D eigenvalue weighted by Crippen LogP contribution is -2.34. The molecular weight excluding hydrogens is 216 g/mol. The van der Waals surface area contributed by atoms with Gasteiger partial charge in [0.05, 0.1) is 6.33 Å². The van der Waals surface area contributed by atoms with Crippen LogP contribution in [-0.4, -0.2) is 22.6 Å². The van der Waals surface area contributed by atoms with Gasteiger partial charge in [-0.15, -0.1) is 0 Å². The Morgan fingerprint density at radius 3 is 2.93 bits per heavy atom. The van der Waals surface area contributed by atoms with E-state index in [1.54, 1.807) is 0 Å². The molecule has 0 bridgehead atoms. The van der Waals surface area contributed by atoms with Crippen molar-refractivity contribution < 1.29 is 0 Å². The molecule has 6 heteroatoms. The second kappa shape index (κ2) is 5.14. The highest BCUT2D eigenvalue weighted by Crippen LogP contribution is 2.12. The van der Waals surface area contributed by atoms with Crippen LogP contribution in [0.15, 0.2) is 11.1 Å². The van der Waals surface area contributed by atoms with E-state index in [9.17, 15) is 4.79 Å². The molecule has 1 atom stereocenters. The maximum Gasteiger partial charge on any atom is 0.271 e. The summed E-state index contributed by atoms with van der Waals surface area (Å²) in [7, 11) is 0. The van der Waals surface area contributed by atoms with Gasteiger partial charge < -0.3 is 16.0 Å². The molecule has 1 heterocycles. The van der Waals surface area contributed by atoms with E-state index in [4.69, 9.17) is 17.3 Å². The van der Waals surface area contributed by atoms with E-state index in [0.29, 0.717) is 18.3 Å². The van der Waals surface area contributed by atoms with Crippen LogP contribution in [0.4, 0.5) is 5.82 Å². The number of nitrogens with zero attached hydrogens (tertiary/aromatic N) is 1. The van der Waals surface area contributed by atoms with Gasteiger partial charge >= 0.3 is 0 Å². The summed E-state index contributed by atoms with van der Waals surface area (Å²) in [5.74, 6) is 0.731. The molecule has 0 spiro atoms. The van der Waals surface area contributed by atoms with E-state index >= 15 is 0 Å². The van der Waals surface area contributed by atoms with Crippen molar-refractivity contribution >= 4 is 17.4 Å². The molecule has 0 saturated carbocycles. The molecule has 0 fully saturated rings. The quantitative estimate of drug-likeness (QED) is 0.715. The first-order chi connectivity index (χ1) is 7.02. The first-order valence-electron chi connectivity index (χ1n) is 4.75. The van der Waals surface area contributed by atoms with Crippen LogP contribution < -0.4 is 16.6 Å². The van der Waals surface area contributed by atoms with Crippen LogP contribution >= 0.6 is 11.6 Å². The third kappa shape index (κ3) is 3.21. The van der Waals surface area contributed by atoms with E-state index in [2.05, 4.69) is 15.3 Å². The van der Waals surface area contributed by atoms with Crippen molar-refractivity contribution in [1.82, 2.24) is 9.97 Å². The predicted octanol–water partition coefficient (Wildman–Crippen LogP) is 0.819. The molecule has 0 aliphatic heterocycles. The van der Waals surface area contributed by atoms with Gasteiger partial charge in [0.15, 0.2) is 5.82 Å². The molecule has 1 unspecified atom stereocenters. The lowest BCUT2D eigenvalue weighted by Gasteiger charge is -2.16. The molecule has 0 radical (unpaired) electrons. The summed E-state index contributed by atoms with van der Waals surface area (Å²) in [6, 6.07) is 0.00199. The molecule has 84 valence electrons. The van der Waals surface area contributed by atoms with Gasteiger partial charge in [-0.05, 0) is 5.92 Å². The van der Waals surface area contributed by atoms with Gasteiger partial charge in [0.1, 0.15) is 5.02 Å². The summed E-state index contributed by atoms with van der Waals surface area (Å²) in [5.41, 5.74) is 5.48. The molecular formula is C9H15ClN4O. The zero-order valence-corrected chi connectivity index (χ0v) is 9.51. The monoisotopic (exact) mass is 230 g/mol. The number of rotatable bonds is 4. The van der Waals surface area contributed by atoms with Crippen LogP contribution in [0.5, 0.6) is 0 Å². The molecule has 0 saturated heterocycles. The van der Waals surface area contributed by atoms with E-state index in [1.165, 1.54) is 6.33 Å². The molecule has 0 aromatic carbocycles. The zero-order valence-electron chi connectivity index (χ0n) is 8.75. The number of H-pyrrole nitrogens is 1. The minimum atomic E-state index is -0.354. The maximum atomic E-state index is 11.1. The molecule has 1 rings (SSSR count). The van der Waals surface area contributed by atoms with Crippen molar-refractivity contribution in [3.05, 3.63) is 21.7 Å². The Morgan fingerprint density at radius 2 is 2.33 bits per heavy atom. The summed E-state index contributed by atoms with van der Waals surface area (Å²) in [4.78, 5) is 17.4. The second-order valence-electron chi connectivity index (χ2n) is 3.68. The van der Waals surface area contributed by atoms with E-state index in [0.717, 1.165) is 0 Å². The Labute approximate surface area is 93.0 Å². The van der Waals surface area contributed by atoms with Gasteiger partial charge in [0.25, 0.3) is 5.56 Å². The first-order valence-corrected chi connectivity index (χ1v) is 5.12. The van der Waals surface area contributed by atoms with Gasteiger partial charge in [-0.2, -0.15) is 0 Å². The average molecular weight is 231 g/mol. The Bertz CT molecular complexity index is 377. The minimum absolute atomic E-state index is 0.00199. The lowest BCUT2D eigenvalue weighted by molar-refractivity contribution is 0.511. The SMILES string of the molecule is CC(C)C(N)CNc1nc[nH]c(=O)c1Cl. The van der Waals surface area contributed by atoms with Crippen molar-refractivity contribution in [2.45, 2.75) is 19.9 Å². The highest BCUT2D eigenvalue weighted by atomic mass is 35.5. The summed E-state index contributed by atoms with van der Waals surface area (Å²) in [5, 5.41) is 3.01. The molecule has 0 amide bonds. The van der Waals surface area contributed by atoms with Crippen LogP contribution in [0, 0.1) is 5.92 Å². The fraction of sp³-hybridized carbons (Fsp3) is 0.556. The van der Waals surface area contributed by atoms with Crippen LogP contribution in [0.1, 0.15) is 13.8 Å². The summed E-state index contributed by atoms with van der Waals surface area (Å²) in [6.07, 6.45) is 1.30. The van der Waals surface area contributed by atoms with Gasteiger partial charge in [-0.1, -0.05) is 25.4 Å². The maximum absolute atomic E-state index is 11.1. The number of hydrogen-bond donors (Lipinski definition) is 3. The molecule has 4 N–H and O–H groups in total. The smallest absolute Gasteiger partial charge is 0.271 e. The van der Waals surface area contributed by atoms with E-state index in [1.807, 2.05) is 13.8 Å². The fourth-order valence-electron chi connectivity index (χ4n) is 0.956. The van der Waals surface area contributed by atoms with Crippen molar-refractivity contribution in [3.8, 4) is 0 Å². The van der Waals surface area contributed by atoms with Crippen LogP contribution in [0.2, 0.25) is 5.02 Å². The number of anilines is 1. The van der Waals surface area contributed by atoms with E-state index in [-0.39, 0.29) is 16.6 Å². The van der Waals surface area contributed by atoms with Crippen LogP contribution in [0.3, 0.4) is 0 Å². The van der Waals surface area contributed by atoms with Crippen molar-refractivity contribution in [1.29, 1.82) is 0 Å². The Balaban J connectivity index is 2.66. The summed E-state index contributed by atoms with van der Waals surface area (Å²) in [6.45, 7) is 4.59. The Hall–Kier alpha value is -1.07. The normalized spacial score (nSPS) is 12.9. The topological polar surface area (TPSA) is 83.8 Å². The van der Waals surface area contributed by atoms with Crippen LogP contribution in [-0.2, 0) is 0 Å². The molecule has 15 heavy (non-hydrogen) atoms. The minimum Gasteiger partial charge on any atom is -0.367 e. The zero-order chi connectivity index (χ0) is 11.4. The highest BCUT2D eigenvalue weighted by Gasteiger charge is 2.10. The number of hydrogen-bond acceptors (Lipinski definition) is 4. The second-order valence-corrected chi connectivity index (χ2v) is 4.06. The fourth-order valence-corrected chi connectivity index (χ4v) is 1.13. The third-order valence-corrected chi connectivity index (χ3v) is 2.51. The van der Waals surface area contributed by atoms with Crippen molar-refractivity contribution in [2.75, 3.05) is 11.9 Å². The largest absolute Gasteiger partial charge is 0.367 e. The van der Waals surface area contributed by atoms with Gasteiger partial charge in [0, 0.05) is 12.6 Å². The standard InChI is InChI=1S/C9H15ClN4O/c1-5(2)6(11)3-12-8-7(10)9(15)14-4-13-8/h4-6H,3,11H2,1-2H3,(H2,12,13,14,15). The first kappa shape index (κ1) is 12.0. The number of aromatic amines is 1. The van der Waals surface area contributed by atoms with Gasteiger partial charge in [-0.25, -0.2) is 4.98 Å².